The van der Waals surface area contributed by atoms with Gasteiger partial charge in [-0.05, 0) is 24.5 Å². The van der Waals surface area contributed by atoms with Crippen LogP contribution in [0.1, 0.15) is 12.0 Å². The van der Waals surface area contributed by atoms with E-state index in [0.717, 1.165) is 17.0 Å². The van der Waals surface area contributed by atoms with Gasteiger partial charge in [0.05, 0.1) is 17.0 Å². The second kappa shape index (κ2) is 6.73. The summed E-state index contributed by atoms with van der Waals surface area (Å²) in [6, 6.07) is 2.09. The van der Waals surface area contributed by atoms with Gasteiger partial charge >= 0.3 is 6.03 Å². The summed E-state index contributed by atoms with van der Waals surface area (Å²) in [7, 11) is 0. The number of hydrogen-bond acceptors (Lipinski definition) is 5. The highest BCUT2D eigenvalue weighted by atomic mass is 32.2. The largest absolute Gasteiger partial charge is 0.326 e. The van der Waals surface area contributed by atoms with Crippen LogP contribution in [-0.4, -0.2) is 39.8 Å². The Balaban J connectivity index is 2.22. The number of urea groups is 1. The Bertz CT molecular complexity index is 625. The third-order valence-electron chi connectivity index (χ3n) is 3.32. The number of nitro benzene ring substituents is 1. The van der Waals surface area contributed by atoms with Gasteiger partial charge in [-0.25, -0.2) is 9.18 Å². The van der Waals surface area contributed by atoms with Crippen LogP contribution in [0.15, 0.2) is 18.2 Å². The molecule has 1 saturated heterocycles. The summed E-state index contributed by atoms with van der Waals surface area (Å²) in [6.07, 6.45) is 2.34. The molecule has 1 atom stereocenters. The summed E-state index contributed by atoms with van der Waals surface area (Å²) in [5.41, 5.74) is -0.727. The van der Waals surface area contributed by atoms with Crippen molar-refractivity contribution in [3.8, 4) is 0 Å². The minimum atomic E-state index is -0.817. The van der Waals surface area contributed by atoms with Crippen LogP contribution < -0.4 is 5.32 Å². The van der Waals surface area contributed by atoms with E-state index in [0.29, 0.717) is 12.2 Å². The number of amides is 3. The van der Waals surface area contributed by atoms with E-state index >= 15 is 0 Å². The molecule has 1 fully saturated rings. The van der Waals surface area contributed by atoms with Crippen LogP contribution in [0.3, 0.4) is 0 Å². The maximum atomic E-state index is 13.8. The third kappa shape index (κ3) is 3.19. The van der Waals surface area contributed by atoms with Crippen molar-refractivity contribution < 1.29 is 18.9 Å². The van der Waals surface area contributed by atoms with Crippen LogP contribution in [0.2, 0.25) is 0 Å². The van der Waals surface area contributed by atoms with Crippen LogP contribution in [0.25, 0.3) is 0 Å². The van der Waals surface area contributed by atoms with E-state index in [1.165, 1.54) is 17.8 Å². The third-order valence-corrected chi connectivity index (χ3v) is 3.97. The number of benzene rings is 1. The van der Waals surface area contributed by atoms with E-state index in [1.54, 1.807) is 0 Å². The predicted octanol–water partition coefficient (Wildman–Crippen LogP) is 1.91. The van der Waals surface area contributed by atoms with E-state index in [9.17, 15) is 24.1 Å². The van der Waals surface area contributed by atoms with Gasteiger partial charge in [-0.3, -0.25) is 19.8 Å². The summed E-state index contributed by atoms with van der Waals surface area (Å²) >= 11 is 1.53. The highest BCUT2D eigenvalue weighted by Gasteiger charge is 2.38. The molecule has 1 aromatic carbocycles. The van der Waals surface area contributed by atoms with E-state index in [1.807, 2.05) is 6.26 Å². The lowest BCUT2D eigenvalue weighted by Gasteiger charge is -2.13. The number of halogens is 1. The van der Waals surface area contributed by atoms with Crippen LogP contribution >= 0.6 is 11.8 Å². The molecule has 0 aliphatic carbocycles. The van der Waals surface area contributed by atoms with E-state index in [2.05, 4.69) is 5.32 Å². The van der Waals surface area contributed by atoms with Gasteiger partial charge in [0.1, 0.15) is 11.9 Å². The lowest BCUT2D eigenvalue weighted by molar-refractivity contribution is -0.385. The number of nitrogens with zero attached hydrogens (tertiary/aromatic N) is 2. The van der Waals surface area contributed by atoms with Crippen molar-refractivity contribution >= 4 is 29.4 Å². The number of nitrogens with one attached hydrogen (secondary N) is 1. The molecule has 118 valence electrons. The van der Waals surface area contributed by atoms with Crippen molar-refractivity contribution in [3.63, 3.8) is 0 Å². The van der Waals surface area contributed by atoms with E-state index in [-0.39, 0.29) is 5.56 Å². The van der Waals surface area contributed by atoms with Gasteiger partial charge in [-0.2, -0.15) is 11.8 Å². The summed E-state index contributed by atoms with van der Waals surface area (Å²) in [5, 5.41) is 13.5. The fourth-order valence-corrected chi connectivity index (χ4v) is 2.66. The molecule has 0 unspecified atom stereocenters. The molecule has 1 heterocycles. The first-order valence-electron chi connectivity index (χ1n) is 6.48. The van der Waals surface area contributed by atoms with Gasteiger partial charge in [0.15, 0.2) is 0 Å². The van der Waals surface area contributed by atoms with Crippen molar-refractivity contribution in [1.29, 1.82) is 0 Å². The molecule has 7 nitrogen and oxygen atoms in total. The first-order valence-corrected chi connectivity index (χ1v) is 7.87. The molecular weight excluding hydrogens is 313 g/mol. The Hall–Kier alpha value is -2.16. The maximum Gasteiger partial charge on any atom is 0.325 e. The number of rotatable bonds is 6. The fraction of sp³-hybridized carbons (Fsp3) is 0.385. The molecule has 0 radical (unpaired) electrons. The molecule has 2 rings (SSSR count). The minimum Gasteiger partial charge on any atom is -0.326 e. The maximum absolute atomic E-state index is 13.8. The molecule has 1 aliphatic rings. The van der Waals surface area contributed by atoms with Crippen LogP contribution in [0.4, 0.5) is 14.9 Å². The monoisotopic (exact) mass is 327 g/mol. The van der Waals surface area contributed by atoms with Gasteiger partial charge in [0, 0.05) is 6.07 Å². The zero-order valence-corrected chi connectivity index (χ0v) is 12.6. The van der Waals surface area contributed by atoms with Crippen molar-refractivity contribution in [3.05, 3.63) is 39.7 Å². The Morgan fingerprint density at radius 3 is 2.82 bits per heavy atom. The number of imide groups is 1. The van der Waals surface area contributed by atoms with Crippen molar-refractivity contribution in [2.45, 2.75) is 19.0 Å². The lowest BCUT2D eigenvalue weighted by atomic mass is 10.1. The minimum absolute atomic E-state index is 0.276. The van der Waals surface area contributed by atoms with Gasteiger partial charge in [0.2, 0.25) is 0 Å². The molecule has 1 aliphatic heterocycles. The molecule has 1 N–H and O–H groups in total. The predicted molar refractivity (Wildman–Crippen MR) is 78.9 cm³/mol. The van der Waals surface area contributed by atoms with Gasteiger partial charge in [0.25, 0.3) is 11.6 Å². The van der Waals surface area contributed by atoms with E-state index in [4.69, 9.17) is 0 Å². The Labute approximate surface area is 130 Å². The zero-order valence-electron chi connectivity index (χ0n) is 11.7. The molecule has 9 heteroatoms. The summed E-state index contributed by atoms with van der Waals surface area (Å²) < 4.78 is 13.8. The van der Waals surface area contributed by atoms with Gasteiger partial charge in [-0.1, -0.05) is 6.07 Å². The number of hydrogen-bond donors (Lipinski definition) is 1. The highest BCUT2D eigenvalue weighted by molar-refractivity contribution is 7.98. The average Bonchev–Trinajstić information content (AvgIpc) is 2.74. The standard InChI is InChI=1S/C13H14FN3O4S/c1-22-6-5-10-12(18)16(13(19)15-10)7-8-9(14)3-2-4-11(8)17(20)21/h2-4,10H,5-7H2,1H3,(H,15,19)/t10-/m1/s1. The van der Waals surface area contributed by atoms with Crippen LogP contribution in [-0.2, 0) is 11.3 Å². The number of carbonyl (C=O) groups excluding carboxylic acids is 2. The quantitative estimate of drug-likeness (QED) is 0.489. The van der Waals surface area contributed by atoms with E-state index < -0.39 is 41.0 Å². The second-order valence-electron chi connectivity index (χ2n) is 4.70. The van der Waals surface area contributed by atoms with Crippen LogP contribution in [0.5, 0.6) is 0 Å². The Kier molecular flexibility index (Phi) is 4.96. The topological polar surface area (TPSA) is 92.6 Å². The summed E-state index contributed by atoms with van der Waals surface area (Å²) in [6.45, 7) is -0.455. The van der Waals surface area contributed by atoms with Crippen molar-refractivity contribution in [2.24, 2.45) is 0 Å². The first-order chi connectivity index (χ1) is 10.5. The lowest BCUT2D eigenvalue weighted by Crippen LogP contribution is -2.31. The summed E-state index contributed by atoms with van der Waals surface area (Å²) in [5.74, 6) is -0.622. The molecule has 0 aromatic heterocycles. The Morgan fingerprint density at radius 2 is 2.18 bits per heavy atom. The second-order valence-corrected chi connectivity index (χ2v) is 5.69. The normalized spacial score (nSPS) is 17.7. The molecule has 0 bridgehead atoms. The Morgan fingerprint density at radius 1 is 1.45 bits per heavy atom. The molecular formula is C13H14FN3O4S. The smallest absolute Gasteiger partial charge is 0.325 e. The molecule has 22 heavy (non-hydrogen) atoms. The highest BCUT2D eigenvalue weighted by Crippen LogP contribution is 2.25. The summed E-state index contributed by atoms with van der Waals surface area (Å²) in [4.78, 5) is 35.0. The number of carbonyl (C=O) groups is 2. The number of nitro groups is 1. The first kappa shape index (κ1) is 16.2. The fourth-order valence-electron chi connectivity index (χ4n) is 2.19. The average molecular weight is 327 g/mol. The molecule has 1 aromatic rings. The van der Waals surface area contributed by atoms with Crippen LogP contribution in [0, 0.1) is 15.9 Å². The van der Waals surface area contributed by atoms with Gasteiger partial charge < -0.3 is 5.32 Å². The van der Waals surface area contributed by atoms with Gasteiger partial charge in [-0.15, -0.1) is 0 Å². The molecule has 3 amide bonds. The molecule has 0 saturated carbocycles. The van der Waals surface area contributed by atoms with Crippen molar-refractivity contribution in [2.75, 3.05) is 12.0 Å². The SMILES string of the molecule is CSCC[C@H]1NC(=O)N(Cc2c(F)cccc2[N+](=O)[O-])C1=O. The van der Waals surface area contributed by atoms with Crippen molar-refractivity contribution in [1.82, 2.24) is 10.2 Å². The number of thioether (sulfide) groups is 1. The molecule has 0 spiro atoms. The zero-order chi connectivity index (χ0) is 16.3.